The average Bonchev–Trinajstić information content (AvgIpc) is 2.40. The highest BCUT2D eigenvalue weighted by molar-refractivity contribution is 5.53. The molecule has 1 aromatic carbocycles. The Bertz CT molecular complexity index is 602. The van der Waals surface area contributed by atoms with Crippen LogP contribution in [0.3, 0.4) is 0 Å². The van der Waals surface area contributed by atoms with Gasteiger partial charge in [-0.05, 0) is 42.3 Å². The molecule has 90 valence electrons. The average molecular weight is 239 g/mol. The summed E-state index contributed by atoms with van der Waals surface area (Å²) >= 11 is 0. The lowest BCUT2D eigenvalue weighted by atomic mass is 10.2. The van der Waals surface area contributed by atoms with Gasteiger partial charge in [-0.1, -0.05) is 6.07 Å². The smallest absolute Gasteiger partial charge is 0.142 e. The second-order valence-corrected chi connectivity index (χ2v) is 3.99. The van der Waals surface area contributed by atoms with Gasteiger partial charge in [0.1, 0.15) is 24.1 Å². The number of benzene rings is 1. The van der Waals surface area contributed by atoms with Crippen molar-refractivity contribution in [3.8, 4) is 11.8 Å². The first-order chi connectivity index (χ1) is 8.69. The minimum Gasteiger partial charge on any atom is -0.487 e. The van der Waals surface area contributed by atoms with Crippen LogP contribution in [0, 0.1) is 18.3 Å². The fourth-order valence-electron chi connectivity index (χ4n) is 1.55. The van der Waals surface area contributed by atoms with E-state index in [1.165, 1.54) is 0 Å². The zero-order chi connectivity index (χ0) is 13.0. The van der Waals surface area contributed by atoms with Crippen LogP contribution in [-0.4, -0.2) is 4.98 Å². The molecule has 4 heteroatoms. The van der Waals surface area contributed by atoms with E-state index in [4.69, 9.17) is 15.7 Å². The van der Waals surface area contributed by atoms with Crippen LogP contribution in [0.1, 0.15) is 16.8 Å². The number of nitrogen functional groups attached to an aromatic ring is 1. The standard InChI is InChI=1S/C14H13N3O/c1-10-2-3-13(16)14(6-10)18-9-11-4-5-17-12(7-11)8-15/h2-7H,9,16H2,1H3. The Morgan fingerprint density at radius 1 is 1.33 bits per heavy atom. The maximum absolute atomic E-state index is 8.75. The molecule has 1 heterocycles. The molecule has 0 bridgehead atoms. The topological polar surface area (TPSA) is 71.9 Å². The van der Waals surface area contributed by atoms with Crippen LogP contribution in [0.4, 0.5) is 5.69 Å². The number of hydrogen-bond acceptors (Lipinski definition) is 4. The number of hydrogen-bond donors (Lipinski definition) is 1. The van der Waals surface area contributed by atoms with Crippen LogP contribution in [0.2, 0.25) is 0 Å². The second kappa shape index (κ2) is 5.19. The summed E-state index contributed by atoms with van der Waals surface area (Å²) in [6, 6.07) is 11.1. The third-order valence-electron chi connectivity index (χ3n) is 2.50. The predicted octanol–water partition coefficient (Wildman–Crippen LogP) is 2.42. The Labute approximate surface area is 106 Å². The van der Waals surface area contributed by atoms with Gasteiger partial charge in [0.05, 0.1) is 5.69 Å². The summed E-state index contributed by atoms with van der Waals surface area (Å²) in [7, 11) is 0. The van der Waals surface area contributed by atoms with E-state index >= 15 is 0 Å². The van der Waals surface area contributed by atoms with Crippen LogP contribution in [0.15, 0.2) is 36.5 Å². The molecule has 0 radical (unpaired) electrons. The molecular weight excluding hydrogens is 226 g/mol. The second-order valence-electron chi connectivity index (χ2n) is 3.99. The molecule has 0 saturated carbocycles. The maximum Gasteiger partial charge on any atom is 0.142 e. The van der Waals surface area contributed by atoms with Gasteiger partial charge in [0.2, 0.25) is 0 Å². The van der Waals surface area contributed by atoms with E-state index in [0.29, 0.717) is 23.7 Å². The van der Waals surface area contributed by atoms with Crippen LogP contribution < -0.4 is 10.5 Å². The quantitative estimate of drug-likeness (QED) is 0.835. The number of aryl methyl sites for hydroxylation is 1. The summed E-state index contributed by atoms with van der Waals surface area (Å²) in [5, 5.41) is 8.75. The third kappa shape index (κ3) is 2.77. The Morgan fingerprint density at radius 3 is 2.94 bits per heavy atom. The highest BCUT2D eigenvalue weighted by atomic mass is 16.5. The summed E-state index contributed by atoms with van der Waals surface area (Å²) in [5.41, 5.74) is 8.79. The van der Waals surface area contributed by atoms with E-state index in [9.17, 15) is 0 Å². The van der Waals surface area contributed by atoms with Gasteiger partial charge in [-0.2, -0.15) is 5.26 Å². The minimum absolute atomic E-state index is 0.366. The number of anilines is 1. The number of nitrogens with zero attached hydrogens (tertiary/aromatic N) is 2. The van der Waals surface area contributed by atoms with Gasteiger partial charge in [0.15, 0.2) is 0 Å². The summed E-state index contributed by atoms with van der Waals surface area (Å²) in [6.45, 7) is 2.34. The van der Waals surface area contributed by atoms with E-state index in [0.717, 1.165) is 11.1 Å². The van der Waals surface area contributed by atoms with Crippen molar-refractivity contribution in [2.45, 2.75) is 13.5 Å². The van der Waals surface area contributed by atoms with Crippen molar-refractivity contribution >= 4 is 5.69 Å². The molecule has 2 rings (SSSR count). The molecule has 0 aliphatic carbocycles. The molecular formula is C14H13N3O. The fourth-order valence-corrected chi connectivity index (χ4v) is 1.55. The van der Waals surface area contributed by atoms with Crippen molar-refractivity contribution in [3.63, 3.8) is 0 Å². The Balaban J connectivity index is 2.11. The van der Waals surface area contributed by atoms with E-state index in [-0.39, 0.29) is 0 Å². The molecule has 0 aliphatic rings. The number of pyridine rings is 1. The first-order valence-electron chi connectivity index (χ1n) is 5.53. The van der Waals surface area contributed by atoms with Gasteiger partial charge in [0.25, 0.3) is 0 Å². The van der Waals surface area contributed by atoms with Gasteiger partial charge in [-0.15, -0.1) is 0 Å². The van der Waals surface area contributed by atoms with Gasteiger partial charge in [-0.25, -0.2) is 4.98 Å². The highest BCUT2D eigenvalue weighted by Gasteiger charge is 2.02. The van der Waals surface area contributed by atoms with Crippen molar-refractivity contribution in [3.05, 3.63) is 53.3 Å². The monoisotopic (exact) mass is 239 g/mol. The summed E-state index contributed by atoms with van der Waals surface area (Å²) in [5.74, 6) is 0.658. The zero-order valence-corrected chi connectivity index (χ0v) is 10.1. The van der Waals surface area contributed by atoms with Crippen molar-refractivity contribution in [1.29, 1.82) is 5.26 Å². The third-order valence-corrected chi connectivity index (χ3v) is 2.50. The van der Waals surface area contributed by atoms with E-state index in [1.54, 1.807) is 12.3 Å². The van der Waals surface area contributed by atoms with Crippen LogP contribution in [0.25, 0.3) is 0 Å². The predicted molar refractivity (Wildman–Crippen MR) is 68.9 cm³/mol. The van der Waals surface area contributed by atoms with Gasteiger partial charge in [0, 0.05) is 6.20 Å². The Morgan fingerprint density at radius 2 is 2.17 bits per heavy atom. The minimum atomic E-state index is 0.366. The lowest BCUT2D eigenvalue weighted by Gasteiger charge is -2.09. The van der Waals surface area contributed by atoms with Crippen molar-refractivity contribution in [2.75, 3.05) is 5.73 Å². The molecule has 2 aromatic rings. The summed E-state index contributed by atoms with van der Waals surface area (Å²) in [6.07, 6.45) is 1.59. The SMILES string of the molecule is Cc1ccc(N)c(OCc2ccnc(C#N)c2)c1. The van der Waals surface area contributed by atoms with Gasteiger partial charge >= 0.3 is 0 Å². The number of ether oxygens (including phenoxy) is 1. The van der Waals surface area contributed by atoms with Crippen LogP contribution in [-0.2, 0) is 6.61 Å². The number of nitriles is 1. The van der Waals surface area contributed by atoms with Gasteiger partial charge < -0.3 is 10.5 Å². The number of rotatable bonds is 3. The lowest BCUT2D eigenvalue weighted by Crippen LogP contribution is -2.00. The molecule has 0 fully saturated rings. The highest BCUT2D eigenvalue weighted by Crippen LogP contribution is 2.23. The largest absolute Gasteiger partial charge is 0.487 e. The molecule has 0 saturated heterocycles. The molecule has 1 aromatic heterocycles. The molecule has 0 amide bonds. The molecule has 0 atom stereocenters. The Kier molecular flexibility index (Phi) is 3.44. The molecule has 0 unspecified atom stereocenters. The van der Waals surface area contributed by atoms with Crippen LogP contribution >= 0.6 is 0 Å². The Hall–Kier alpha value is -2.54. The maximum atomic E-state index is 8.75. The van der Waals surface area contributed by atoms with Crippen molar-refractivity contribution < 1.29 is 4.74 Å². The van der Waals surface area contributed by atoms with Crippen molar-refractivity contribution in [2.24, 2.45) is 0 Å². The zero-order valence-electron chi connectivity index (χ0n) is 10.1. The molecule has 18 heavy (non-hydrogen) atoms. The van der Waals surface area contributed by atoms with E-state index in [1.807, 2.05) is 37.3 Å². The van der Waals surface area contributed by atoms with E-state index in [2.05, 4.69) is 4.98 Å². The fraction of sp³-hybridized carbons (Fsp3) is 0.143. The van der Waals surface area contributed by atoms with Crippen LogP contribution in [0.5, 0.6) is 5.75 Å². The molecule has 4 nitrogen and oxygen atoms in total. The molecule has 0 spiro atoms. The molecule has 0 aliphatic heterocycles. The summed E-state index contributed by atoms with van der Waals surface area (Å²) in [4.78, 5) is 3.90. The lowest BCUT2D eigenvalue weighted by molar-refractivity contribution is 0.307. The number of aromatic nitrogens is 1. The molecule has 2 N–H and O–H groups in total. The summed E-state index contributed by atoms with van der Waals surface area (Å²) < 4.78 is 5.64. The number of nitrogens with two attached hydrogens (primary N) is 1. The van der Waals surface area contributed by atoms with Gasteiger partial charge in [-0.3, -0.25) is 0 Å². The van der Waals surface area contributed by atoms with Crippen molar-refractivity contribution in [1.82, 2.24) is 4.98 Å². The first-order valence-corrected chi connectivity index (χ1v) is 5.53. The normalized spacial score (nSPS) is 9.78. The first kappa shape index (κ1) is 11.9. The van der Waals surface area contributed by atoms with E-state index < -0.39 is 0 Å².